The zero-order chi connectivity index (χ0) is 15.9. The van der Waals surface area contributed by atoms with E-state index >= 15 is 0 Å². The molecule has 2 unspecified atom stereocenters. The smallest absolute Gasteiger partial charge is 0.315 e. The van der Waals surface area contributed by atoms with Crippen LogP contribution < -0.4 is 10.6 Å². The Hall–Kier alpha value is -1.49. The van der Waals surface area contributed by atoms with Crippen molar-refractivity contribution in [3.8, 4) is 0 Å². The van der Waals surface area contributed by atoms with Crippen molar-refractivity contribution in [3.63, 3.8) is 0 Å². The van der Waals surface area contributed by atoms with Gasteiger partial charge in [0.15, 0.2) is 0 Å². The molecule has 0 spiro atoms. The lowest BCUT2D eigenvalue weighted by atomic mass is 9.97. The second-order valence-corrected chi connectivity index (χ2v) is 6.41. The molecule has 1 aromatic heterocycles. The molecule has 2 atom stereocenters. The molecule has 22 heavy (non-hydrogen) atoms. The van der Waals surface area contributed by atoms with Crippen LogP contribution in [0.4, 0.5) is 4.79 Å². The summed E-state index contributed by atoms with van der Waals surface area (Å²) in [6.45, 7) is 9.06. The number of likely N-dealkylation sites (tertiary alicyclic amines) is 1. The van der Waals surface area contributed by atoms with Gasteiger partial charge < -0.3 is 15.1 Å². The van der Waals surface area contributed by atoms with Gasteiger partial charge in [-0.25, -0.2) is 4.79 Å². The maximum Gasteiger partial charge on any atom is 0.315 e. The molecule has 0 aliphatic carbocycles. The normalized spacial score (nSPS) is 19.6. The van der Waals surface area contributed by atoms with Crippen molar-refractivity contribution < 1.29 is 9.21 Å². The lowest BCUT2D eigenvalue weighted by molar-refractivity contribution is 0.122. The van der Waals surface area contributed by atoms with E-state index in [9.17, 15) is 4.79 Å². The molecule has 1 fully saturated rings. The first kappa shape index (κ1) is 16.9. The topological polar surface area (TPSA) is 57.5 Å². The number of hydrogen-bond acceptors (Lipinski definition) is 3. The van der Waals surface area contributed by atoms with Crippen LogP contribution in [-0.4, -0.2) is 36.6 Å². The van der Waals surface area contributed by atoms with Crippen LogP contribution in [0, 0.1) is 5.92 Å². The summed E-state index contributed by atoms with van der Waals surface area (Å²) in [5.74, 6) is 1.72. The average Bonchev–Trinajstić information content (AvgIpc) is 3.03. The van der Waals surface area contributed by atoms with Crippen LogP contribution in [-0.2, 0) is 0 Å². The highest BCUT2D eigenvalue weighted by molar-refractivity contribution is 5.74. The number of carbonyl (C=O) groups is 1. The van der Waals surface area contributed by atoms with Crippen molar-refractivity contribution in [2.75, 3.05) is 19.6 Å². The molecule has 5 heteroatoms. The first-order valence-corrected chi connectivity index (χ1v) is 8.42. The average molecular weight is 307 g/mol. The van der Waals surface area contributed by atoms with Crippen molar-refractivity contribution in [1.82, 2.24) is 15.5 Å². The number of hydrogen-bond donors (Lipinski definition) is 2. The van der Waals surface area contributed by atoms with Crippen LogP contribution in [0.2, 0.25) is 0 Å². The monoisotopic (exact) mass is 307 g/mol. The van der Waals surface area contributed by atoms with E-state index in [1.165, 1.54) is 12.8 Å². The first-order chi connectivity index (χ1) is 10.6. The second kappa shape index (κ2) is 8.22. The minimum Gasteiger partial charge on any atom is -0.468 e. The largest absolute Gasteiger partial charge is 0.468 e. The third-order valence-corrected chi connectivity index (χ3v) is 4.58. The van der Waals surface area contributed by atoms with Gasteiger partial charge in [0.1, 0.15) is 5.76 Å². The summed E-state index contributed by atoms with van der Waals surface area (Å²) in [5.41, 5.74) is 0. The van der Waals surface area contributed by atoms with Crippen molar-refractivity contribution >= 4 is 6.03 Å². The summed E-state index contributed by atoms with van der Waals surface area (Å²) in [6.07, 6.45) is 5.04. The zero-order valence-corrected chi connectivity index (χ0v) is 14.0. The van der Waals surface area contributed by atoms with Gasteiger partial charge in [-0.1, -0.05) is 13.8 Å². The first-order valence-electron chi connectivity index (χ1n) is 8.42. The fourth-order valence-electron chi connectivity index (χ4n) is 2.80. The van der Waals surface area contributed by atoms with Crippen LogP contribution in [0.15, 0.2) is 22.8 Å². The third-order valence-electron chi connectivity index (χ3n) is 4.58. The lowest BCUT2D eigenvalue weighted by Gasteiger charge is -2.35. The number of nitrogens with one attached hydrogen (secondary N) is 2. The van der Waals surface area contributed by atoms with Gasteiger partial charge in [0, 0.05) is 12.6 Å². The Bertz CT molecular complexity index is 439. The predicted molar refractivity (Wildman–Crippen MR) is 87.7 cm³/mol. The molecule has 0 bridgehead atoms. The molecule has 2 amide bonds. The minimum atomic E-state index is -0.101. The standard InChI is InChI=1S/C17H29N3O2/c1-4-14(3)19-17(21)18-12-15(16-6-5-11-22-16)20-9-7-13(2)8-10-20/h5-6,11,13-15H,4,7-10,12H2,1-3H3,(H2,18,19,21). The minimum absolute atomic E-state index is 0.101. The fraction of sp³-hybridized carbons (Fsp3) is 0.706. The molecule has 0 saturated carbocycles. The maximum atomic E-state index is 11.9. The van der Waals surface area contributed by atoms with Crippen molar-refractivity contribution in [3.05, 3.63) is 24.2 Å². The van der Waals surface area contributed by atoms with E-state index in [4.69, 9.17) is 4.42 Å². The summed E-state index contributed by atoms with van der Waals surface area (Å²) < 4.78 is 5.60. The summed E-state index contributed by atoms with van der Waals surface area (Å²) in [7, 11) is 0. The van der Waals surface area contributed by atoms with Gasteiger partial charge in [-0.2, -0.15) is 0 Å². The highest BCUT2D eigenvalue weighted by atomic mass is 16.3. The predicted octanol–water partition coefficient (Wildman–Crippen LogP) is 3.15. The van der Waals surface area contributed by atoms with Gasteiger partial charge in [-0.15, -0.1) is 0 Å². The third kappa shape index (κ3) is 4.77. The Morgan fingerprint density at radius 1 is 1.45 bits per heavy atom. The number of furan rings is 1. The van der Waals surface area contributed by atoms with Crippen LogP contribution in [0.1, 0.15) is 51.8 Å². The SMILES string of the molecule is CCC(C)NC(=O)NCC(c1ccco1)N1CCC(C)CC1. The van der Waals surface area contributed by atoms with E-state index in [1.807, 2.05) is 19.1 Å². The quantitative estimate of drug-likeness (QED) is 0.849. The number of amides is 2. The summed E-state index contributed by atoms with van der Waals surface area (Å²) >= 11 is 0. The lowest BCUT2D eigenvalue weighted by Crippen LogP contribution is -2.46. The molecular weight excluding hydrogens is 278 g/mol. The maximum absolute atomic E-state index is 11.9. The number of rotatable bonds is 6. The molecule has 0 aromatic carbocycles. The van der Waals surface area contributed by atoms with Crippen LogP contribution in [0.3, 0.4) is 0 Å². The summed E-state index contributed by atoms with van der Waals surface area (Å²) in [4.78, 5) is 14.4. The molecule has 2 rings (SSSR count). The molecule has 1 saturated heterocycles. The highest BCUT2D eigenvalue weighted by Crippen LogP contribution is 2.26. The van der Waals surface area contributed by atoms with Gasteiger partial charge in [-0.05, 0) is 57.3 Å². The van der Waals surface area contributed by atoms with E-state index in [0.29, 0.717) is 6.54 Å². The van der Waals surface area contributed by atoms with E-state index in [2.05, 4.69) is 29.4 Å². The number of nitrogens with zero attached hydrogens (tertiary/aromatic N) is 1. The molecule has 1 aromatic rings. The number of urea groups is 1. The summed E-state index contributed by atoms with van der Waals surface area (Å²) in [6, 6.07) is 4.12. The number of carbonyl (C=O) groups excluding carboxylic acids is 1. The van der Waals surface area contributed by atoms with E-state index in [1.54, 1.807) is 6.26 Å². The Balaban J connectivity index is 1.93. The Morgan fingerprint density at radius 2 is 2.18 bits per heavy atom. The number of piperidine rings is 1. The highest BCUT2D eigenvalue weighted by Gasteiger charge is 2.26. The second-order valence-electron chi connectivity index (χ2n) is 6.41. The van der Waals surface area contributed by atoms with Gasteiger partial charge in [-0.3, -0.25) is 4.90 Å². The molecule has 0 radical (unpaired) electrons. The Morgan fingerprint density at radius 3 is 2.77 bits per heavy atom. The fourth-order valence-corrected chi connectivity index (χ4v) is 2.80. The van der Waals surface area contributed by atoms with E-state index in [-0.39, 0.29) is 18.1 Å². The molecular formula is C17H29N3O2. The van der Waals surface area contributed by atoms with Crippen molar-refractivity contribution in [1.29, 1.82) is 0 Å². The molecule has 2 N–H and O–H groups in total. The Labute approximate surface area is 133 Å². The zero-order valence-electron chi connectivity index (χ0n) is 14.0. The van der Waals surface area contributed by atoms with Gasteiger partial charge in [0.25, 0.3) is 0 Å². The van der Waals surface area contributed by atoms with Crippen molar-refractivity contribution in [2.45, 2.75) is 52.1 Å². The molecule has 1 aliphatic heterocycles. The van der Waals surface area contributed by atoms with Crippen molar-refractivity contribution in [2.24, 2.45) is 5.92 Å². The van der Waals surface area contributed by atoms with Crippen LogP contribution in [0.5, 0.6) is 0 Å². The van der Waals surface area contributed by atoms with E-state index < -0.39 is 0 Å². The molecule has 5 nitrogen and oxygen atoms in total. The van der Waals surface area contributed by atoms with Gasteiger partial charge in [0.05, 0.1) is 12.3 Å². The van der Waals surface area contributed by atoms with E-state index in [0.717, 1.165) is 31.2 Å². The van der Waals surface area contributed by atoms with Crippen LogP contribution in [0.25, 0.3) is 0 Å². The summed E-state index contributed by atoms with van der Waals surface area (Å²) in [5, 5.41) is 5.93. The van der Waals surface area contributed by atoms with Gasteiger partial charge in [0.2, 0.25) is 0 Å². The molecule has 1 aliphatic rings. The molecule has 124 valence electrons. The molecule has 2 heterocycles. The van der Waals surface area contributed by atoms with Crippen LogP contribution >= 0.6 is 0 Å². The van der Waals surface area contributed by atoms with Gasteiger partial charge >= 0.3 is 6.03 Å². The Kier molecular flexibility index (Phi) is 6.31.